The molecule has 0 heterocycles. The Bertz CT molecular complexity index is 596. The molecule has 0 aliphatic heterocycles. The Kier molecular flexibility index (Phi) is 4.91. The molecule has 0 saturated carbocycles. The molecule has 112 valence electrons. The minimum atomic E-state index is -0.291. The molecule has 0 amide bonds. The molecule has 0 spiro atoms. The van der Waals surface area contributed by atoms with E-state index in [1.165, 1.54) is 18.2 Å². The average molecular weight is 290 g/mol. The number of hydrogen-bond acceptors (Lipinski definition) is 2. The Morgan fingerprint density at radius 3 is 2.33 bits per heavy atom. The first-order valence-electron chi connectivity index (χ1n) is 7.05. The molecule has 2 nitrogen and oxygen atoms in total. The molecule has 0 fully saturated rings. The molecule has 2 N–H and O–H groups in total. The summed E-state index contributed by atoms with van der Waals surface area (Å²) in [6, 6.07) is 10.9. The van der Waals surface area contributed by atoms with E-state index in [9.17, 15) is 8.78 Å². The lowest BCUT2D eigenvalue weighted by Crippen LogP contribution is -2.34. The number of nitrogens with zero attached hydrogens (tertiary/aromatic N) is 1. The second-order valence-corrected chi connectivity index (χ2v) is 5.04. The third kappa shape index (κ3) is 3.39. The summed E-state index contributed by atoms with van der Waals surface area (Å²) in [6.07, 6.45) is 0. The van der Waals surface area contributed by atoms with E-state index in [-0.39, 0.29) is 24.2 Å². The van der Waals surface area contributed by atoms with Crippen LogP contribution in [0.3, 0.4) is 0 Å². The number of likely N-dealkylation sites (N-methyl/N-ethyl adjacent to an activating group) is 1. The second kappa shape index (κ2) is 6.68. The van der Waals surface area contributed by atoms with Crippen molar-refractivity contribution >= 4 is 5.69 Å². The topological polar surface area (TPSA) is 29.3 Å². The Morgan fingerprint density at radius 1 is 1.10 bits per heavy atom. The van der Waals surface area contributed by atoms with Crippen LogP contribution in [0.2, 0.25) is 0 Å². The van der Waals surface area contributed by atoms with Gasteiger partial charge < -0.3 is 10.6 Å². The smallest absolute Gasteiger partial charge is 0.128 e. The van der Waals surface area contributed by atoms with Gasteiger partial charge >= 0.3 is 0 Å². The van der Waals surface area contributed by atoms with Gasteiger partial charge in [0.05, 0.1) is 6.04 Å². The highest BCUT2D eigenvalue weighted by molar-refractivity contribution is 5.49. The Morgan fingerprint density at radius 2 is 1.76 bits per heavy atom. The van der Waals surface area contributed by atoms with E-state index >= 15 is 0 Å². The molecule has 0 bridgehead atoms. The van der Waals surface area contributed by atoms with Crippen LogP contribution < -0.4 is 10.6 Å². The SMILES string of the molecule is CCN(c1ccc(F)cc1)C(CN)c1cc(C)ccc1F. The van der Waals surface area contributed by atoms with Gasteiger partial charge in [-0.1, -0.05) is 17.7 Å². The fourth-order valence-corrected chi connectivity index (χ4v) is 2.56. The van der Waals surface area contributed by atoms with Crippen LogP contribution in [-0.2, 0) is 0 Å². The van der Waals surface area contributed by atoms with Crippen molar-refractivity contribution in [2.45, 2.75) is 19.9 Å². The standard InChI is InChI=1S/C17H20F2N2/c1-3-21(14-7-5-13(18)6-8-14)17(11-20)15-10-12(2)4-9-16(15)19/h4-10,17H,3,11,20H2,1-2H3. The number of rotatable bonds is 5. The summed E-state index contributed by atoms with van der Waals surface area (Å²) in [5, 5.41) is 0. The van der Waals surface area contributed by atoms with Crippen LogP contribution in [0.4, 0.5) is 14.5 Å². The predicted molar refractivity (Wildman–Crippen MR) is 82.4 cm³/mol. The van der Waals surface area contributed by atoms with Gasteiger partial charge in [0.2, 0.25) is 0 Å². The maximum absolute atomic E-state index is 14.1. The van der Waals surface area contributed by atoms with E-state index in [1.807, 2.05) is 24.8 Å². The highest BCUT2D eigenvalue weighted by Crippen LogP contribution is 2.28. The number of anilines is 1. The molecule has 2 aromatic rings. The molecule has 0 radical (unpaired) electrons. The van der Waals surface area contributed by atoms with Crippen molar-refractivity contribution in [1.29, 1.82) is 0 Å². The van der Waals surface area contributed by atoms with Crippen molar-refractivity contribution in [3.8, 4) is 0 Å². The zero-order chi connectivity index (χ0) is 15.4. The molecule has 0 aliphatic rings. The Labute approximate surface area is 124 Å². The summed E-state index contributed by atoms with van der Waals surface area (Å²) in [5.41, 5.74) is 8.27. The van der Waals surface area contributed by atoms with E-state index < -0.39 is 0 Å². The minimum absolute atomic E-state index is 0.267. The number of aryl methyl sites for hydroxylation is 1. The number of benzene rings is 2. The van der Waals surface area contributed by atoms with Gasteiger partial charge in [0.1, 0.15) is 11.6 Å². The maximum Gasteiger partial charge on any atom is 0.128 e. The summed E-state index contributed by atoms with van der Waals surface area (Å²) < 4.78 is 27.2. The van der Waals surface area contributed by atoms with Gasteiger partial charge in [0, 0.05) is 24.3 Å². The molecular formula is C17H20F2N2. The van der Waals surface area contributed by atoms with Gasteiger partial charge in [-0.25, -0.2) is 8.78 Å². The summed E-state index contributed by atoms with van der Waals surface area (Å²) in [4.78, 5) is 1.98. The van der Waals surface area contributed by atoms with Gasteiger partial charge in [-0.2, -0.15) is 0 Å². The molecule has 2 rings (SSSR count). The van der Waals surface area contributed by atoms with Gasteiger partial charge in [-0.15, -0.1) is 0 Å². The third-order valence-electron chi connectivity index (χ3n) is 3.61. The minimum Gasteiger partial charge on any atom is -0.363 e. The van der Waals surface area contributed by atoms with Gasteiger partial charge in [-0.05, 0) is 44.2 Å². The van der Waals surface area contributed by atoms with E-state index in [4.69, 9.17) is 5.73 Å². The third-order valence-corrected chi connectivity index (χ3v) is 3.61. The monoisotopic (exact) mass is 290 g/mol. The number of hydrogen-bond donors (Lipinski definition) is 1. The molecule has 0 aromatic heterocycles. The van der Waals surface area contributed by atoms with E-state index in [1.54, 1.807) is 18.2 Å². The van der Waals surface area contributed by atoms with E-state index in [2.05, 4.69) is 0 Å². The zero-order valence-corrected chi connectivity index (χ0v) is 12.3. The molecular weight excluding hydrogens is 270 g/mol. The number of nitrogens with two attached hydrogens (primary N) is 1. The summed E-state index contributed by atoms with van der Waals surface area (Å²) >= 11 is 0. The lowest BCUT2D eigenvalue weighted by Gasteiger charge is -2.32. The fourth-order valence-electron chi connectivity index (χ4n) is 2.56. The van der Waals surface area contributed by atoms with Gasteiger partial charge in [0.25, 0.3) is 0 Å². The Hall–Kier alpha value is -1.94. The summed E-state index contributed by atoms with van der Waals surface area (Å²) in [6.45, 7) is 4.83. The quantitative estimate of drug-likeness (QED) is 0.907. The average Bonchev–Trinajstić information content (AvgIpc) is 2.49. The summed E-state index contributed by atoms with van der Waals surface area (Å²) in [7, 11) is 0. The first-order valence-corrected chi connectivity index (χ1v) is 7.05. The van der Waals surface area contributed by atoms with E-state index in [0.29, 0.717) is 12.1 Å². The van der Waals surface area contributed by atoms with Crippen LogP contribution in [0.15, 0.2) is 42.5 Å². The number of halogens is 2. The van der Waals surface area contributed by atoms with Gasteiger partial charge in [-0.3, -0.25) is 0 Å². The van der Waals surface area contributed by atoms with Crippen molar-refractivity contribution in [1.82, 2.24) is 0 Å². The van der Waals surface area contributed by atoms with E-state index in [0.717, 1.165) is 11.3 Å². The molecule has 4 heteroatoms. The molecule has 1 atom stereocenters. The molecule has 1 unspecified atom stereocenters. The molecule has 21 heavy (non-hydrogen) atoms. The lowest BCUT2D eigenvalue weighted by atomic mass is 10.0. The second-order valence-electron chi connectivity index (χ2n) is 5.04. The van der Waals surface area contributed by atoms with Crippen LogP contribution in [-0.4, -0.2) is 13.1 Å². The van der Waals surface area contributed by atoms with Crippen LogP contribution in [0.5, 0.6) is 0 Å². The zero-order valence-electron chi connectivity index (χ0n) is 12.3. The highest BCUT2D eigenvalue weighted by atomic mass is 19.1. The first kappa shape index (κ1) is 15.4. The maximum atomic E-state index is 14.1. The molecule has 2 aromatic carbocycles. The van der Waals surface area contributed by atoms with Crippen molar-refractivity contribution in [2.24, 2.45) is 5.73 Å². The predicted octanol–water partition coefficient (Wildman–Crippen LogP) is 3.80. The van der Waals surface area contributed by atoms with Crippen LogP contribution >= 0.6 is 0 Å². The van der Waals surface area contributed by atoms with Crippen molar-refractivity contribution in [3.63, 3.8) is 0 Å². The van der Waals surface area contributed by atoms with Crippen molar-refractivity contribution < 1.29 is 8.78 Å². The Balaban J connectivity index is 2.42. The lowest BCUT2D eigenvalue weighted by molar-refractivity contribution is 0.561. The van der Waals surface area contributed by atoms with Gasteiger partial charge in [0.15, 0.2) is 0 Å². The molecule has 0 saturated heterocycles. The van der Waals surface area contributed by atoms with Crippen LogP contribution in [0.25, 0.3) is 0 Å². The van der Waals surface area contributed by atoms with Crippen molar-refractivity contribution in [2.75, 3.05) is 18.0 Å². The first-order chi connectivity index (χ1) is 10.1. The highest BCUT2D eigenvalue weighted by Gasteiger charge is 2.21. The molecule has 0 aliphatic carbocycles. The normalized spacial score (nSPS) is 12.2. The fraction of sp³-hybridized carbons (Fsp3) is 0.294. The van der Waals surface area contributed by atoms with Crippen LogP contribution in [0, 0.1) is 18.6 Å². The summed E-state index contributed by atoms with van der Waals surface area (Å²) in [5.74, 6) is -0.558. The van der Waals surface area contributed by atoms with Crippen molar-refractivity contribution in [3.05, 3.63) is 65.2 Å². The van der Waals surface area contributed by atoms with Crippen LogP contribution in [0.1, 0.15) is 24.1 Å². The largest absolute Gasteiger partial charge is 0.363 e.